The number of aryl methyl sites for hydroxylation is 2. The molecular weight excluding hydrogens is 401 g/mol. The maximum atomic E-state index is 14.5. The second-order valence-corrected chi connectivity index (χ2v) is 7.57. The Labute approximate surface area is 178 Å². The Morgan fingerprint density at radius 1 is 1.19 bits per heavy atom. The molecule has 1 unspecified atom stereocenters. The number of fused-ring (bicyclic) bond motifs is 2. The second kappa shape index (κ2) is 7.54. The van der Waals surface area contributed by atoms with Gasteiger partial charge in [0.1, 0.15) is 17.7 Å². The predicted molar refractivity (Wildman–Crippen MR) is 110 cm³/mol. The summed E-state index contributed by atoms with van der Waals surface area (Å²) in [6.07, 6.45) is 1.66. The minimum Gasteiger partial charge on any atom is -0.487 e. The van der Waals surface area contributed by atoms with E-state index < -0.39 is 0 Å². The zero-order valence-electron chi connectivity index (χ0n) is 17.1. The number of carbonyl (C=O) groups excluding carboxylic acids is 1. The smallest absolute Gasteiger partial charge is 0.251 e. The lowest BCUT2D eigenvalue weighted by atomic mass is 10.0. The molecule has 2 aliphatic heterocycles. The highest BCUT2D eigenvalue weighted by molar-refractivity contribution is 5.95. The van der Waals surface area contributed by atoms with E-state index >= 15 is 0 Å². The van der Waals surface area contributed by atoms with E-state index in [1.165, 1.54) is 6.07 Å². The van der Waals surface area contributed by atoms with E-state index in [4.69, 9.17) is 14.2 Å². The van der Waals surface area contributed by atoms with E-state index in [9.17, 15) is 9.18 Å². The van der Waals surface area contributed by atoms with Crippen LogP contribution in [0, 0.1) is 19.7 Å². The predicted octanol–water partition coefficient (Wildman–Crippen LogP) is 3.36. The number of nitrogens with zero attached hydrogens (tertiary/aromatic N) is 2. The van der Waals surface area contributed by atoms with Crippen LogP contribution in [0.15, 0.2) is 36.5 Å². The third-order valence-corrected chi connectivity index (χ3v) is 5.38. The van der Waals surface area contributed by atoms with Crippen molar-refractivity contribution in [3.63, 3.8) is 0 Å². The number of nitrogens with one attached hydrogen (secondary N) is 1. The molecule has 1 N–H and O–H groups in total. The number of ether oxygens (including phenoxy) is 3. The Bertz CT molecular complexity index is 1200. The van der Waals surface area contributed by atoms with Crippen LogP contribution in [0.4, 0.5) is 4.39 Å². The molecule has 0 spiro atoms. The van der Waals surface area contributed by atoms with Gasteiger partial charge in [0.25, 0.3) is 5.91 Å². The SMILES string of the molecule is Cc1cnc(C)c(-c2ccc(F)c3c2OC(CNC(=O)c2ccc4c(c2)OCO4)C3)n1. The Morgan fingerprint density at radius 2 is 2.03 bits per heavy atom. The van der Waals surface area contributed by atoms with Crippen LogP contribution in [0.2, 0.25) is 0 Å². The van der Waals surface area contributed by atoms with Crippen molar-refractivity contribution < 1.29 is 23.4 Å². The first kappa shape index (κ1) is 19.3. The van der Waals surface area contributed by atoms with Gasteiger partial charge in [0.15, 0.2) is 11.5 Å². The van der Waals surface area contributed by atoms with Crippen LogP contribution in [-0.4, -0.2) is 35.3 Å². The Balaban J connectivity index is 1.33. The van der Waals surface area contributed by atoms with Crippen molar-refractivity contribution in [1.29, 1.82) is 0 Å². The molecule has 31 heavy (non-hydrogen) atoms. The zero-order valence-corrected chi connectivity index (χ0v) is 17.1. The van der Waals surface area contributed by atoms with E-state index in [-0.39, 0.29) is 31.2 Å². The fourth-order valence-corrected chi connectivity index (χ4v) is 3.80. The van der Waals surface area contributed by atoms with Gasteiger partial charge in [-0.1, -0.05) is 0 Å². The molecular formula is C23H20FN3O4. The van der Waals surface area contributed by atoms with E-state index in [0.29, 0.717) is 46.1 Å². The molecule has 158 valence electrons. The molecule has 0 fully saturated rings. The maximum absolute atomic E-state index is 14.5. The summed E-state index contributed by atoms with van der Waals surface area (Å²) in [5.41, 5.74) is 3.82. The lowest BCUT2D eigenvalue weighted by Crippen LogP contribution is -2.34. The average molecular weight is 421 g/mol. The first-order chi connectivity index (χ1) is 15.0. The van der Waals surface area contributed by atoms with E-state index in [2.05, 4.69) is 15.3 Å². The molecule has 5 rings (SSSR count). The molecule has 0 bridgehead atoms. The van der Waals surface area contributed by atoms with Gasteiger partial charge in [-0.2, -0.15) is 0 Å². The molecule has 2 aliphatic rings. The molecule has 3 heterocycles. The van der Waals surface area contributed by atoms with Crippen molar-refractivity contribution in [2.75, 3.05) is 13.3 Å². The number of amides is 1. The number of aromatic nitrogens is 2. The van der Waals surface area contributed by atoms with Crippen LogP contribution in [0.25, 0.3) is 11.3 Å². The summed E-state index contributed by atoms with van der Waals surface area (Å²) in [6.45, 7) is 4.09. The molecule has 0 saturated carbocycles. The lowest BCUT2D eigenvalue weighted by molar-refractivity contribution is 0.0933. The van der Waals surface area contributed by atoms with Gasteiger partial charge in [-0.05, 0) is 44.2 Å². The summed E-state index contributed by atoms with van der Waals surface area (Å²) in [6, 6.07) is 8.10. The third-order valence-electron chi connectivity index (χ3n) is 5.38. The van der Waals surface area contributed by atoms with Gasteiger partial charge in [-0.3, -0.25) is 9.78 Å². The number of benzene rings is 2. The normalized spacial score (nSPS) is 16.0. The van der Waals surface area contributed by atoms with Crippen LogP contribution < -0.4 is 19.5 Å². The molecule has 0 saturated heterocycles. The van der Waals surface area contributed by atoms with Gasteiger partial charge in [0.05, 0.1) is 23.6 Å². The number of halogens is 1. The van der Waals surface area contributed by atoms with E-state index in [1.807, 2.05) is 13.8 Å². The molecule has 0 radical (unpaired) electrons. The highest BCUT2D eigenvalue weighted by Crippen LogP contribution is 2.40. The summed E-state index contributed by atoms with van der Waals surface area (Å²) < 4.78 is 31.1. The molecule has 8 heteroatoms. The number of hydrogen-bond donors (Lipinski definition) is 1. The molecule has 2 aromatic carbocycles. The lowest BCUT2D eigenvalue weighted by Gasteiger charge is -2.14. The van der Waals surface area contributed by atoms with Crippen molar-refractivity contribution in [1.82, 2.24) is 15.3 Å². The fraction of sp³-hybridized carbons (Fsp3) is 0.261. The van der Waals surface area contributed by atoms with Crippen molar-refractivity contribution in [2.24, 2.45) is 0 Å². The van der Waals surface area contributed by atoms with Gasteiger partial charge >= 0.3 is 0 Å². The molecule has 1 amide bonds. The summed E-state index contributed by atoms with van der Waals surface area (Å²) in [5, 5.41) is 2.86. The largest absolute Gasteiger partial charge is 0.487 e. The van der Waals surface area contributed by atoms with E-state index in [1.54, 1.807) is 30.5 Å². The summed E-state index contributed by atoms with van der Waals surface area (Å²) in [4.78, 5) is 21.5. The highest BCUT2D eigenvalue weighted by Gasteiger charge is 2.30. The van der Waals surface area contributed by atoms with Crippen molar-refractivity contribution in [3.05, 3.63) is 64.9 Å². The second-order valence-electron chi connectivity index (χ2n) is 7.57. The third kappa shape index (κ3) is 3.54. The number of rotatable bonds is 4. The van der Waals surface area contributed by atoms with Crippen LogP contribution in [0.5, 0.6) is 17.2 Å². The van der Waals surface area contributed by atoms with Crippen molar-refractivity contribution in [3.8, 4) is 28.5 Å². The minimum atomic E-state index is -0.387. The van der Waals surface area contributed by atoms with Crippen LogP contribution >= 0.6 is 0 Å². The minimum absolute atomic E-state index is 0.146. The zero-order chi connectivity index (χ0) is 21.5. The molecule has 0 aliphatic carbocycles. The first-order valence-electron chi connectivity index (χ1n) is 9.96. The quantitative estimate of drug-likeness (QED) is 0.696. The Hall–Kier alpha value is -3.68. The Morgan fingerprint density at radius 3 is 2.90 bits per heavy atom. The van der Waals surface area contributed by atoms with Gasteiger partial charge in [-0.25, -0.2) is 9.37 Å². The van der Waals surface area contributed by atoms with Gasteiger partial charge in [-0.15, -0.1) is 0 Å². The Kier molecular flexibility index (Phi) is 4.69. The molecule has 1 atom stereocenters. The summed E-state index contributed by atoms with van der Waals surface area (Å²) in [7, 11) is 0. The first-order valence-corrected chi connectivity index (χ1v) is 9.96. The van der Waals surface area contributed by atoms with Crippen LogP contribution in [0.3, 0.4) is 0 Å². The highest BCUT2D eigenvalue weighted by atomic mass is 19.1. The van der Waals surface area contributed by atoms with Crippen LogP contribution in [-0.2, 0) is 6.42 Å². The molecule has 1 aromatic heterocycles. The van der Waals surface area contributed by atoms with Gasteiger partial charge in [0, 0.05) is 29.3 Å². The fourth-order valence-electron chi connectivity index (χ4n) is 3.80. The monoisotopic (exact) mass is 421 g/mol. The number of hydrogen-bond acceptors (Lipinski definition) is 6. The standard InChI is InChI=1S/C23H20FN3O4/c1-12-9-25-13(2)21(27-12)16-4-5-18(24)17-8-15(31-22(16)17)10-26-23(28)14-3-6-19-20(7-14)30-11-29-19/h3-7,9,15H,8,10-11H2,1-2H3,(H,26,28). The van der Waals surface area contributed by atoms with Crippen molar-refractivity contribution >= 4 is 5.91 Å². The van der Waals surface area contributed by atoms with Gasteiger partial charge < -0.3 is 19.5 Å². The van der Waals surface area contributed by atoms with Gasteiger partial charge in [0.2, 0.25) is 6.79 Å². The summed E-state index contributed by atoms with van der Waals surface area (Å²) in [5.74, 6) is 1.02. The molecule has 3 aromatic rings. The summed E-state index contributed by atoms with van der Waals surface area (Å²) >= 11 is 0. The average Bonchev–Trinajstić information content (AvgIpc) is 3.41. The maximum Gasteiger partial charge on any atom is 0.251 e. The van der Waals surface area contributed by atoms with E-state index in [0.717, 1.165) is 11.4 Å². The topological polar surface area (TPSA) is 82.6 Å². The van der Waals surface area contributed by atoms with Crippen LogP contribution in [0.1, 0.15) is 27.3 Å². The molecule has 7 nitrogen and oxygen atoms in total. The number of carbonyl (C=O) groups is 1. The van der Waals surface area contributed by atoms with Crippen molar-refractivity contribution in [2.45, 2.75) is 26.4 Å².